The van der Waals surface area contributed by atoms with Gasteiger partial charge in [0.15, 0.2) is 0 Å². The highest BCUT2D eigenvalue weighted by Crippen LogP contribution is 2.27. The number of hydrogen-bond acceptors (Lipinski definition) is 5. The lowest BCUT2D eigenvalue weighted by molar-refractivity contribution is 0.412. The van der Waals surface area contributed by atoms with Gasteiger partial charge in [0.05, 0.1) is 23.4 Å². The Balaban J connectivity index is 1.90. The van der Waals surface area contributed by atoms with Gasteiger partial charge in [0.1, 0.15) is 12.0 Å². The predicted molar refractivity (Wildman–Crippen MR) is 70.0 cm³/mol. The second-order valence-electron chi connectivity index (χ2n) is 3.94. The summed E-state index contributed by atoms with van der Waals surface area (Å²) in [6.45, 7) is 0.576. The van der Waals surface area contributed by atoms with Gasteiger partial charge in [0.25, 0.3) is 0 Å². The minimum atomic E-state index is 0.576. The van der Waals surface area contributed by atoms with Gasteiger partial charge in [-0.15, -0.1) is 0 Å². The smallest absolute Gasteiger partial charge is 0.124 e. The van der Waals surface area contributed by atoms with Gasteiger partial charge in [0, 0.05) is 17.6 Å². The molecule has 5 nitrogen and oxygen atoms in total. The Labute approximate surface area is 104 Å². The van der Waals surface area contributed by atoms with Crippen LogP contribution in [0.1, 0.15) is 5.69 Å². The van der Waals surface area contributed by atoms with E-state index in [0.717, 1.165) is 22.3 Å². The van der Waals surface area contributed by atoms with Gasteiger partial charge in [-0.2, -0.15) is 0 Å². The lowest BCUT2D eigenvalue weighted by Gasteiger charge is -2.09. The number of benzene rings is 1. The van der Waals surface area contributed by atoms with Crippen LogP contribution in [-0.4, -0.2) is 10.1 Å². The van der Waals surface area contributed by atoms with E-state index in [2.05, 4.69) is 15.5 Å². The number of aromatic nitrogens is 2. The number of fused-ring (bicyclic) bond motifs is 1. The quantitative estimate of drug-likeness (QED) is 0.687. The first-order valence-electron chi connectivity index (χ1n) is 5.61. The number of nitrogens with zero attached hydrogens (tertiary/aromatic N) is 2. The number of nitrogen functional groups attached to an aromatic ring is 1. The molecule has 0 aliphatic heterocycles. The molecule has 0 spiro atoms. The second kappa shape index (κ2) is 4.37. The Bertz CT molecular complexity index is 664. The molecule has 3 aromatic rings. The maximum absolute atomic E-state index is 6.11. The Morgan fingerprint density at radius 2 is 2.17 bits per heavy atom. The Hall–Kier alpha value is -2.56. The van der Waals surface area contributed by atoms with Crippen molar-refractivity contribution < 1.29 is 4.52 Å². The van der Waals surface area contributed by atoms with Crippen LogP contribution in [0.4, 0.5) is 11.4 Å². The molecule has 0 aliphatic carbocycles. The molecule has 18 heavy (non-hydrogen) atoms. The van der Waals surface area contributed by atoms with Crippen LogP contribution in [0.25, 0.3) is 10.9 Å². The van der Waals surface area contributed by atoms with Crippen LogP contribution in [0, 0.1) is 0 Å². The van der Waals surface area contributed by atoms with Gasteiger partial charge < -0.3 is 15.6 Å². The number of nitrogens with one attached hydrogen (secondary N) is 1. The molecule has 0 unspecified atom stereocenters. The molecule has 0 fully saturated rings. The van der Waals surface area contributed by atoms with Crippen molar-refractivity contribution in [2.75, 3.05) is 11.1 Å². The first kappa shape index (κ1) is 10.6. The van der Waals surface area contributed by atoms with E-state index < -0.39 is 0 Å². The summed E-state index contributed by atoms with van der Waals surface area (Å²) >= 11 is 0. The SMILES string of the molecule is Nc1c(NCc2ccon2)ccc2ncccc12. The van der Waals surface area contributed by atoms with E-state index in [0.29, 0.717) is 12.2 Å². The molecule has 0 radical (unpaired) electrons. The summed E-state index contributed by atoms with van der Waals surface area (Å²) < 4.78 is 4.77. The van der Waals surface area contributed by atoms with Crippen molar-refractivity contribution >= 4 is 22.3 Å². The van der Waals surface area contributed by atoms with Crippen LogP contribution in [0.15, 0.2) is 47.3 Å². The van der Waals surface area contributed by atoms with Crippen molar-refractivity contribution in [2.45, 2.75) is 6.54 Å². The molecular formula is C13H12N4O. The molecule has 0 saturated carbocycles. The summed E-state index contributed by atoms with van der Waals surface area (Å²) in [4.78, 5) is 4.26. The molecule has 2 heterocycles. The van der Waals surface area contributed by atoms with Crippen molar-refractivity contribution in [3.05, 3.63) is 48.5 Å². The van der Waals surface area contributed by atoms with Gasteiger partial charge in [0.2, 0.25) is 0 Å². The van der Waals surface area contributed by atoms with Crippen LogP contribution in [0.3, 0.4) is 0 Å². The minimum Gasteiger partial charge on any atom is -0.397 e. The molecule has 3 N–H and O–H groups in total. The third kappa shape index (κ3) is 1.86. The van der Waals surface area contributed by atoms with Gasteiger partial charge in [-0.3, -0.25) is 4.98 Å². The first-order chi connectivity index (χ1) is 8.84. The van der Waals surface area contributed by atoms with E-state index in [1.165, 1.54) is 0 Å². The van der Waals surface area contributed by atoms with Crippen molar-refractivity contribution in [3.63, 3.8) is 0 Å². The topological polar surface area (TPSA) is 77.0 Å². The Kier molecular flexibility index (Phi) is 2.57. The predicted octanol–water partition coefficient (Wildman–Crippen LogP) is 2.42. The van der Waals surface area contributed by atoms with E-state index in [4.69, 9.17) is 10.3 Å². The van der Waals surface area contributed by atoms with Crippen LogP contribution < -0.4 is 11.1 Å². The van der Waals surface area contributed by atoms with E-state index in [1.54, 1.807) is 12.5 Å². The lowest BCUT2D eigenvalue weighted by Crippen LogP contribution is -2.03. The summed E-state index contributed by atoms with van der Waals surface area (Å²) in [5.74, 6) is 0. The van der Waals surface area contributed by atoms with E-state index in [-0.39, 0.29) is 0 Å². The zero-order valence-corrected chi connectivity index (χ0v) is 9.63. The largest absolute Gasteiger partial charge is 0.397 e. The number of nitrogens with two attached hydrogens (primary N) is 1. The van der Waals surface area contributed by atoms with Crippen molar-refractivity contribution in [1.82, 2.24) is 10.1 Å². The maximum atomic E-state index is 6.11. The molecule has 2 aromatic heterocycles. The van der Waals surface area contributed by atoms with Crippen molar-refractivity contribution in [2.24, 2.45) is 0 Å². The molecule has 0 bridgehead atoms. The zero-order chi connectivity index (χ0) is 12.4. The van der Waals surface area contributed by atoms with Gasteiger partial charge in [-0.05, 0) is 24.3 Å². The highest BCUT2D eigenvalue weighted by Gasteiger charge is 2.05. The normalized spacial score (nSPS) is 10.7. The maximum Gasteiger partial charge on any atom is 0.124 e. The molecule has 0 aliphatic rings. The number of anilines is 2. The number of pyridine rings is 1. The first-order valence-corrected chi connectivity index (χ1v) is 5.61. The van der Waals surface area contributed by atoms with Crippen LogP contribution in [0.2, 0.25) is 0 Å². The minimum absolute atomic E-state index is 0.576. The van der Waals surface area contributed by atoms with Gasteiger partial charge in [-0.25, -0.2) is 0 Å². The van der Waals surface area contributed by atoms with Gasteiger partial charge in [-0.1, -0.05) is 5.16 Å². The lowest BCUT2D eigenvalue weighted by atomic mass is 10.1. The van der Waals surface area contributed by atoms with Crippen LogP contribution in [0.5, 0.6) is 0 Å². The zero-order valence-electron chi connectivity index (χ0n) is 9.63. The number of rotatable bonds is 3. The van der Waals surface area contributed by atoms with Crippen molar-refractivity contribution in [1.29, 1.82) is 0 Å². The Morgan fingerprint density at radius 3 is 3.00 bits per heavy atom. The fourth-order valence-electron chi connectivity index (χ4n) is 1.84. The summed E-state index contributed by atoms with van der Waals surface area (Å²) in [5, 5.41) is 8.01. The van der Waals surface area contributed by atoms with Crippen LogP contribution >= 0.6 is 0 Å². The molecule has 1 aromatic carbocycles. The fraction of sp³-hybridized carbons (Fsp3) is 0.0769. The molecule has 0 amide bonds. The van der Waals surface area contributed by atoms with E-state index in [1.807, 2.05) is 30.3 Å². The average molecular weight is 240 g/mol. The molecule has 3 rings (SSSR count). The molecule has 0 atom stereocenters. The van der Waals surface area contributed by atoms with E-state index in [9.17, 15) is 0 Å². The average Bonchev–Trinajstić information content (AvgIpc) is 2.91. The highest BCUT2D eigenvalue weighted by atomic mass is 16.5. The number of hydrogen-bond donors (Lipinski definition) is 2. The Morgan fingerprint density at radius 1 is 1.22 bits per heavy atom. The summed E-state index contributed by atoms with van der Waals surface area (Å²) in [6.07, 6.45) is 3.30. The van der Waals surface area contributed by atoms with Crippen LogP contribution in [-0.2, 0) is 6.54 Å². The summed E-state index contributed by atoms with van der Waals surface area (Å²) in [6, 6.07) is 9.51. The van der Waals surface area contributed by atoms with Crippen molar-refractivity contribution in [3.8, 4) is 0 Å². The summed E-state index contributed by atoms with van der Waals surface area (Å²) in [5.41, 5.74) is 9.41. The fourth-order valence-corrected chi connectivity index (χ4v) is 1.84. The van der Waals surface area contributed by atoms with Gasteiger partial charge >= 0.3 is 0 Å². The summed E-state index contributed by atoms with van der Waals surface area (Å²) in [7, 11) is 0. The standard InChI is InChI=1S/C13H12N4O/c14-13-10-2-1-6-15-11(10)3-4-12(13)16-8-9-5-7-18-17-9/h1-7,16H,8,14H2. The molecule has 5 heteroatoms. The molecule has 0 saturated heterocycles. The third-order valence-corrected chi connectivity index (χ3v) is 2.78. The second-order valence-corrected chi connectivity index (χ2v) is 3.94. The highest BCUT2D eigenvalue weighted by molar-refractivity contribution is 5.96. The molecular weight excluding hydrogens is 228 g/mol. The monoisotopic (exact) mass is 240 g/mol. The third-order valence-electron chi connectivity index (χ3n) is 2.78. The van der Waals surface area contributed by atoms with E-state index >= 15 is 0 Å². The molecule has 90 valence electrons.